The predicted octanol–water partition coefficient (Wildman–Crippen LogP) is 2.29. The van der Waals surface area contributed by atoms with E-state index in [0.29, 0.717) is 5.92 Å². The quantitative estimate of drug-likeness (QED) is 0.784. The summed E-state index contributed by atoms with van der Waals surface area (Å²) < 4.78 is 0. The Morgan fingerprint density at radius 2 is 1.65 bits per heavy atom. The standard InChI is InChI=1S/C9H14N6S2/c1-3-6(2)7(12-8-14-10-4-16-8)13-9-15-11-5-17-9/h4-7H,3H2,1-2H3,(H,12,14)(H,13,15)/t6-/m0/s1. The van der Waals surface area contributed by atoms with Crippen molar-refractivity contribution >= 4 is 32.9 Å². The molecule has 2 aromatic heterocycles. The van der Waals surface area contributed by atoms with Crippen molar-refractivity contribution in [2.75, 3.05) is 10.6 Å². The zero-order chi connectivity index (χ0) is 12.1. The summed E-state index contributed by atoms with van der Waals surface area (Å²) >= 11 is 2.97. The molecule has 0 unspecified atom stereocenters. The molecule has 0 spiro atoms. The van der Waals surface area contributed by atoms with E-state index < -0.39 is 0 Å². The molecular weight excluding hydrogens is 256 g/mol. The van der Waals surface area contributed by atoms with Crippen molar-refractivity contribution in [1.29, 1.82) is 0 Å². The van der Waals surface area contributed by atoms with E-state index in [-0.39, 0.29) is 6.17 Å². The van der Waals surface area contributed by atoms with Gasteiger partial charge in [-0.25, -0.2) is 0 Å². The van der Waals surface area contributed by atoms with E-state index in [9.17, 15) is 0 Å². The normalized spacial score (nSPS) is 12.6. The van der Waals surface area contributed by atoms with E-state index in [1.165, 1.54) is 22.7 Å². The highest BCUT2D eigenvalue weighted by Gasteiger charge is 2.17. The van der Waals surface area contributed by atoms with E-state index in [2.05, 4.69) is 44.9 Å². The summed E-state index contributed by atoms with van der Waals surface area (Å²) in [7, 11) is 0. The molecule has 0 aliphatic heterocycles. The van der Waals surface area contributed by atoms with Crippen LogP contribution in [0.25, 0.3) is 0 Å². The molecule has 2 N–H and O–H groups in total. The van der Waals surface area contributed by atoms with Gasteiger partial charge in [-0.2, -0.15) is 0 Å². The predicted molar refractivity (Wildman–Crippen MR) is 70.3 cm³/mol. The van der Waals surface area contributed by atoms with E-state index in [1.807, 2.05) is 0 Å². The Hall–Kier alpha value is -1.28. The minimum absolute atomic E-state index is 0.0842. The van der Waals surface area contributed by atoms with Gasteiger partial charge in [0.2, 0.25) is 10.3 Å². The maximum absolute atomic E-state index is 3.99. The SMILES string of the molecule is CC[C@H](C)C(Nc1nncs1)Nc1nncs1. The van der Waals surface area contributed by atoms with Crippen molar-refractivity contribution in [2.24, 2.45) is 5.92 Å². The second-order valence-electron chi connectivity index (χ2n) is 3.64. The Balaban J connectivity index is 2.03. The number of aromatic nitrogens is 4. The first-order chi connectivity index (χ1) is 8.29. The van der Waals surface area contributed by atoms with Gasteiger partial charge in [0, 0.05) is 0 Å². The largest absolute Gasteiger partial charge is 0.340 e. The van der Waals surface area contributed by atoms with Gasteiger partial charge in [-0.1, -0.05) is 36.5 Å². The van der Waals surface area contributed by atoms with E-state index in [4.69, 9.17) is 0 Å². The number of nitrogens with one attached hydrogen (secondary N) is 2. The fourth-order valence-electron chi connectivity index (χ4n) is 1.29. The van der Waals surface area contributed by atoms with Crippen LogP contribution in [0, 0.1) is 5.92 Å². The topological polar surface area (TPSA) is 75.6 Å². The third-order valence-corrected chi connectivity index (χ3v) is 3.74. The molecule has 2 heterocycles. The molecule has 6 nitrogen and oxygen atoms in total. The lowest BCUT2D eigenvalue weighted by molar-refractivity contribution is 0.502. The van der Waals surface area contributed by atoms with Gasteiger partial charge in [-0.15, -0.1) is 20.4 Å². The molecule has 0 aliphatic carbocycles. The van der Waals surface area contributed by atoms with Crippen LogP contribution >= 0.6 is 22.7 Å². The summed E-state index contributed by atoms with van der Waals surface area (Å²) in [5.74, 6) is 0.447. The summed E-state index contributed by atoms with van der Waals surface area (Å²) in [5.41, 5.74) is 3.42. The van der Waals surface area contributed by atoms with Crippen LogP contribution in [0.5, 0.6) is 0 Å². The minimum Gasteiger partial charge on any atom is -0.340 e. The van der Waals surface area contributed by atoms with Gasteiger partial charge in [-0.3, -0.25) is 0 Å². The monoisotopic (exact) mass is 270 g/mol. The van der Waals surface area contributed by atoms with Crippen LogP contribution in [-0.4, -0.2) is 26.6 Å². The lowest BCUT2D eigenvalue weighted by Gasteiger charge is -2.24. The first kappa shape index (κ1) is 12.2. The molecule has 0 saturated carbocycles. The van der Waals surface area contributed by atoms with E-state index in [0.717, 1.165) is 16.7 Å². The molecule has 0 bridgehead atoms. The average Bonchev–Trinajstić information content (AvgIpc) is 3.00. The Kier molecular flexibility index (Phi) is 4.21. The molecule has 0 radical (unpaired) electrons. The third-order valence-electron chi connectivity index (χ3n) is 2.49. The molecule has 0 saturated heterocycles. The maximum Gasteiger partial charge on any atom is 0.207 e. The molecule has 8 heteroatoms. The highest BCUT2D eigenvalue weighted by Crippen LogP contribution is 2.19. The highest BCUT2D eigenvalue weighted by molar-refractivity contribution is 7.13. The van der Waals surface area contributed by atoms with Crippen molar-refractivity contribution < 1.29 is 0 Å². The molecule has 0 aliphatic rings. The van der Waals surface area contributed by atoms with Gasteiger partial charge in [0.05, 0.1) is 0 Å². The molecule has 92 valence electrons. The molecule has 0 amide bonds. The summed E-state index contributed by atoms with van der Waals surface area (Å²) in [6, 6.07) is 0. The van der Waals surface area contributed by atoms with Crippen LogP contribution in [0.3, 0.4) is 0 Å². The molecule has 17 heavy (non-hydrogen) atoms. The average molecular weight is 270 g/mol. The summed E-state index contributed by atoms with van der Waals surface area (Å²) in [6.45, 7) is 4.33. The van der Waals surface area contributed by atoms with Crippen LogP contribution in [0.15, 0.2) is 11.0 Å². The van der Waals surface area contributed by atoms with Crippen LogP contribution in [0.2, 0.25) is 0 Å². The number of anilines is 2. The van der Waals surface area contributed by atoms with Gasteiger partial charge in [0.1, 0.15) is 17.2 Å². The number of hydrogen-bond donors (Lipinski definition) is 2. The summed E-state index contributed by atoms with van der Waals surface area (Å²) in [4.78, 5) is 0. The molecule has 1 atom stereocenters. The number of hydrogen-bond acceptors (Lipinski definition) is 8. The van der Waals surface area contributed by atoms with Crippen LogP contribution < -0.4 is 10.6 Å². The zero-order valence-electron chi connectivity index (χ0n) is 9.62. The lowest BCUT2D eigenvalue weighted by atomic mass is 10.1. The fraction of sp³-hybridized carbons (Fsp3) is 0.556. The van der Waals surface area contributed by atoms with Gasteiger partial charge in [0.25, 0.3) is 0 Å². The van der Waals surface area contributed by atoms with Crippen molar-refractivity contribution in [3.8, 4) is 0 Å². The van der Waals surface area contributed by atoms with Crippen LogP contribution in [-0.2, 0) is 0 Å². The van der Waals surface area contributed by atoms with Crippen molar-refractivity contribution in [3.63, 3.8) is 0 Å². The van der Waals surface area contributed by atoms with Crippen molar-refractivity contribution in [1.82, 2.24) is 20.4 Å². The smallest absolute Gasteiger partial charge is 0.207 e. The van der Waals surface area contributed by atoms with E-state index >= 15 is 0 Å². The van der Waals surface area contributed by atoms with Gasteiger partial charge < -0.3 is 10.6 Å². The van der Waals surface area contributed by atoms with Gasteiger partial charge >= 0.3 is 0 Å². The first-order valence-corrected chi connectivity index (χ1v) is 7.11. The van der Waals surface area contributed by atoms with Crippen molar-refractivity contribution in [3.05, 3.63) is 11.0 Å². The second kappa shape index (κ2) is 5.87. The fourth-order valence-corrected chi connectivity index (χ4v) is 2.26. The Morgan fingerprint density at radius 1 is 1.12 bits per heavy atom. The Morgan fingerprint density at radius 3 is 2.00 bits per heavy atom. The minimum atomic E-state index is 0.0842. The number of rotatable bonds is 6. The molecule has 0 fully saturated rings. The summed E-state index contributed by atoms with van der Waals surface area (Å²) in [5, 5.41) is 23.9. The highest BCUT2D eigenvalue weighted by atomic mass is 32.1. The van der Waals surface area contributed by atoms with Crippen LogP contribution in [0.4, 0.5) is 10.3 Å². The molecule has 2 rings (SSSR count). The molecule has 2 aromatic rings. The maximum atomic E-state index is 3.99. The van der Waals surface area contributed by atoms with Crippen molar-refractivity contribution in [2.45, 2.75) is 26.4 Å². The van der Waals surface area contributed by atoms with E-state index in [1.54, 1.807) is 11.0 Å². The lowest BCUT2D eigenvalue weighted by Crippen LogP contribution is -2.35. The molecular formula is C9H14N6S2. The van der Waals surface area contributed by atoms with Crippen LogP contribution in [0.1, 0.15) is 20.3 Å². The third kappa shape index (κ3) is 3.34. The second-order valence-corrected chi connectivity index (χ2v) is 5.31. The van der Waals surface area contributed by atoms with Gasteiger partial charge in [-0.05, 0) is 12.3 Å². The first-order valence-electron chi connectivity index (χ1n) is 5.35. The zero-order valence-corrected chi connectivity index (χ0v) is 11.3. The Labute approximate surface area is 108 Å². The number of nitrogens with zero attached hydrogens (tertiary/aromatic N) is 4. The molecule has 0 aromatic carbocycles. The van der Waals surface area contributed by atoms with Gasteiger partial charge in [0.15, 0.2) is 0 Å². The summed E-state index contributed by atoms with van der Waals surface area (Å²) in [6.07, 6.45) is 1.14. The Bertz CT molecular complexity index is 378.